The second-order valence-corrected chi connectivity index (χ2v) is 7.62. The predicted molar refractivity (Wildman–Crippen MR) is 66.1 cm³/mol. The van der Waals surface area contributed by atoms with Crippen LogP contribution in [-0.2, 0) is 0 Å². The molecule has 3 fully saturated rings. The molecule has 0 bridgehead atoms. The van der Waals surface area contributed by atoms with Crippen molar-refractivity contribution < 1.29 is 5.11 Å². The maximum absolute atomic E-state index is 11.4. The Morgan fingerprint density at radius 3 is 2.44 bits per heavy atom. The first-order valence-electron chi connectivity index (χ1n) is 7.06. The van der Waals surface area contributed by atoms with Crippen LogP contribution in [-0.4, -0.2) is 10.7 Å². The maximum atomic E-state index is 11.4. The van der Waals surface area contributed by atoms with Gasteiger partial charge in [-0.1, -0.05) is 34.1 Å². The highest BCUT2D eigenvalue weighted by atomic mass is 16.3. The molecule has 1 nitrogen and oxygen atoms in total. The number of fused-ring (bicyclic) bond motifs is 3. The van der Waals surface area contributed by atoms with E-state index in [-0.39, 0.29) is 11.0 Å². The fourth-order valence-corrected chi connectivity index (χ4v) is 5.45. The molecular weight excluding hydrogens is 196 g/mol. The normalized spacial score (nSPS) is 58.7. The van der Waals surface area contributed by atoms with Crippen molar-refractivity contribution in [1.29, 1.82) is 0 Å². The molecule has 0 heterocycles. The summed E-state index contributed by atoms with van der Waals surface area (Å²) in [6.45, 7) is 9.38. The van der Waals surface area contributed by atoms with Gasteiger partial charge in [-0.3, -0.25) is 0 Å². The van der Waals surface area contributed by atoms with Crippen molar-refractivity contribution in [2.75, 3.05) is 0 Å². The topological polar surface area (TPSA) is 20.2 Å². The Balaban J connectivity index is 2.03. The third-order valence-corrected chi connectivity index (χ3v) is 6.62. The molecule has 5 unspecified atom stereocenters. The van der Waals surface area contributed by atoms with Gasteiger partial charge >= 0.3 is 0 Å². The lowest BCUT2D eigenvalue weighted by Crippen LogP contribution is -2.58. The van der Waals surface area contributed by atoms with Gasteiger partial charge in [-0.15, -0.1) is 0 Å². The SMILES string of the molecule is CC1CCCC2(C)CCC3C(C3(C)C)C12O. The van der Waals surface area contributed by atoms with Crippen LogP contribution < -0.4 is 0 Å². The number of aliphatic hydroxyl groups is 1. The summed E-state index contributed by atoms with van der Waals surface area (Å²) in [7, 11) is 0. The third kappa shape index (κ3) is 1.02. The zero-order chi connectivity index (χ0) is 11.8. The smallest absolute Gasteiger partial charge is 0.0762 e. The Hall–Kier alpha value is -0.0400. The van der Waals surface area contributed by atoms with Gasteiger partial charge in [0.15, 0.2) is 0 Å². The van der Waals surface area contributed by atoms with Crippen LogP contribution in [0.25, 0.3) is 0 Å². The van der Waals surface area contributed by atoms with Gasteiger partial charge in [-0.05, 0) is 54.3 Å². The van der Waals surface area contributed by atoms with Gasteiger partial charge < -0.3 is 5.11 Å². The number of hydrogen-bond acceptors (Lipinski definition) is 1. The third-order valence-electron chi connectivity index (χ3n) is 6.62. The second-order valence-electron chi connectivity index (χ2n) is 7.62. The van der Waals surface area contributed by atoms with Crippen molar-refractivity contribution in [3.8, 4) is 0 Å². The Bertz CT molecular complexity index is 321. The van der Waals surface area contributed by atoms with E-state index >= 15 is 0 Å². The summed E-state index contributed by atoms with van der Waals surface area (Å²) in [6, 6.07) is 0. The summed E-state index contributed by atoms with van der Waals surface area (Å²) < 4.78 is 0. The van der Waals surface area contributed by atoms with E-state index in [2.05, 4.69) is 27.7 Å². The highest BCUT2D eigenvalue weighted by molar-refractivity contribution is 5.23. The van der Waals surface area contributed by atoms with Crippen molar-refractivity contribution in [2.45, 2.75) is 65.4 Å². The molecule has 3 aliphatic carbocycles. The summed E-state index contributed by atoms with van der Waals surface area (Å²) in [5, 5.41) is 11.4. The van der Waals surface area contributed by atoms with Crippen LogP contribution in [0.15, 0.2) is 0 Å². The van der Waals surface area contributed by atoms with Crippen molar-refractivity contribution in [2.24, 2.45) is 28.6 Å². The van der Waals surface area contributed by atoms with E-state index in [0.717, 1.165) is 5.92 Å². The van der Waals surface area contributed by atoms with Crippen LogP contribution >= 0.6 is 0 Å². The van der Waals surface area contributed by atoms with Crippen molar-refractivity contribution in [3.05, 3.63) is 0 Å². The molecule has 5 atom stereocenters. The van der Waals surface area contributed by atoms with Crippen LogP contribution in [0, 0.1) is 28.6 Å². The molecule has 0 aromatic rings. The zero-order valence-corrected chi connectivity index (χ0v) is 11.2. The minimum atomic E-state index is -0.363. The average Bonchev–Trinajstić information content (AvgIpc) is 2.75. The molecule has 0 saturated heterocycles. The lowest BCUT2D eigenvalue weighted by Gasteiger charge is -2.55. The van der Waals surface area contributed by atoms with Gasteiger partial charge in [0.25, 0.3) is 0 Å². The molecule has 1 N–H and O–H groups in total. The second kappa shape index (κ2) is 2.85. The molecule has 3 rings (SSSR count). The predicted octanol–water partition coefficient (Wildman–Crippen LogP) is 3.61. The highest BCUT2D eigenvalue weighted by Gasteiger charge is 2.74. The summed E-state index contributed by atoms with van der Waals surface area (Å²) in [5.41, 5.74) is 0.245. The van der Waals surface area contributed by atoms with Crippen LogP contribution in [0.2, 0.25) is 0 Å². The number of rotatable bonds is 0. The molecule has 0 aromatic heterocycles. The van der Waals surface area contributed by atoms with Crippen LogP contribution in [0.4, 0.5) is 0 Å². The van der Waals surface area contributed by atoms with E-state index < -0.39 is 0 Å². The first-order valence-corrected chi connectivity index (χ1v) is 7.06. The number of hydrogen-bond donors (Lipinski definition) is 1. The molecule has 0 aromatic carbocycles. The van der Waals surface area contributed by atoms with E-state index in [0.29, 0.717) is 17.3 Å². The first kappa shape index (κ1) is 11.1. The Morgan fingerprint density at radius 2 is 1.75 bits per heavy atom. The first-order chi connectivity index (χ1) is 7.34. The van der Waals surface area contributed by atoms with Crippen molar-refractivity contribution in [3.63, 3.8) is 0 Å². The van der Waals surface area contributed by atoms with Crippen molar-refractivity contribution in [1.82, 2.24) is 0 Å². The molecule has 0 spiro atoms. The van der Waals surface area contributed by atoms with Crippen molar-refractivity contribution >= 4 is 0 Å². The molecule has 0 radical (unpaired) electrons. The molecular formula is C15H26O. The monoisotopic (exact) mass is 222 g/mol. The van der Waals surface area contributed by atoms with E-state index in [1.807, 2.05) is 0 Å². The minimum Gasteiger partial charge on any atom is -0.389 e. The molecule has 1 heteroatoms. The average molecular weight is 222 g/mol. The zero-order valence-electron chi connectivity index (χ0n) is 11.2. The highest BCUT2D eigenvalue weighted by Crippen LogP contribution is 2.75. The molecule has 3 aliphatic rings. The van der Waals surface area contributed by atoms with Gasteiger partial charge in [-0.25, -0.2) is 0 Å². The lowest BCUT2D eigenvalue weighted by atomic mass is 9.53. The largest absolute Gasteiger partial charge is 0.389 e. The maximum Gasteiger partial charge on any atom is 0.0762 e. The molecule has 16 heavy (non-hydrogen) atoms. The Morgan fingerprint density at radius 1 is 1.06 bits per heavy atom. The molecule has 92 valence electrons. The van der Waals surface area contributed by atoms with Crippen LogP contribution in [0.3, 0.4) is 0 Å². The fraction of sp³-hybridized carbons (Fsp3) is 1.00. The quantitative estimate of drug-likeness (QED) is 0.664. The summed E-state index contributed by atoms with van der Waals surface area (Å²) >= 11 is 0. The molecule has 0 aliphatic heterocycles. The Kier molecular flexibility index (Phi) is 1.98. The summed E-state index contributed by atoms with van der Waals surface area (Å²) in [4.78, 5) is 0. The van der Waals surface area contributed by atoms with Gasteiger partial charge in [0.05, 0.1) is 5.60 Å². The molecule has 3 saturated carbocycles. The van der Waals surface area contributed by atoms with Gasteiger partial charge in [0.1, 0.15) is 0 Å². The van der Waals surface area contributed by atoms with E-state index in [9.17, 15) is 5.11 Å². The minimum absolute atomic E-state index is 0.208. The van der Waals surface area contributed by atoms with E-state index in [1.54, 1.807) is 0 Å². The fourth-order valence-electron chi connectivity index (χ4n) is 5.45. The van der Waals surface area contributed by atoms with Gasteiger partial charge in [0, 0.05) is 0 Å². The van der Waals surface area contributed by atoms with E-state index in [1.165, 1.54) is 32.1 Å². The van der Waals surface area contributed by atoms with Crippen LogP contribution in [0.5, 0.6) is 0 Å². The van der Waals surface area contributed by atoms with E-state index in [4.69, 9.17) is 0 Å². The molecule has 0 amide bonds. The van der Waals surface area contributed by atoms with Gasteiger partial charge in [-0.2, -0.15) is 0 Å². The standard InChI is InChI=1S/C15H26O/c1-10-6-5-8-14(4)9-7-11-12(13(11,2)3)15(10,14)16/h10-12,16H,5-9H2,1-4H3. The van der Waals surface area contributed by atoms with Gasteiger partial charge in [0.2, 0.25) is 0 Å². The summed E-state index contributed by atoms with van der Waals surface area (Å²) in [5.74, 6) is 1.88. The Labute approximate surface area is 99.6 Å². The lowest BCUT2D eigenvalue weighted by molar-refractivity contribution is -0.178. The summed E-state index contributed by atoms with van der Waals surface area (Å²) in [6.07, 6.45) is 6.39. The van der Waals surface area contributed by atoms with Crippen LogP contribution in [0.1, 0.15) is 59.8 Å².